The quantitative estimate of drug-likeness (QED) is 0.469. The maximum Gasteiger partial charge on any atom is 0.312 e. The summed E-state index contributed by atoms with van der Waals surface area (Å²) in [6.07, 6.45) is 0. The molecule has 98 valence electrons. The molecule has 1 aromatic carbocycles. The average molecular weight is 337 g/mol. The Balaban J connectivity index is 3.11. The summed E-state index contributed by atoms with van der Waals surface area (Å²) in [5.41, 5.74) is -1.42. The predicted octanol–water partition coefficient (Wildman–Crippen LogP) is 3.37. The number of carbonyl (C=O) groups excluding carboxylic acids is 1. The Morgan fingerprint density at radius 1 is 1.56 bits per heavy atom. The van der Waals surface area contributed by atoms with E-state index in [4.69, 9.17) is 16.3 Å². The van der Waals surface area contributed by atoms with Crippen molar-refractivity contribution in [1.82, 2.24) is 0 Å². The fraction of sp³-hybridized carbons (Fsp3) is 0.364. The van der Waals surface area contributed by atoms with Gasteiger partial charge < -0.3 is 4.74 Å². The summed E-state index contributed by atoms with van der Waals surface area (Å²) in [6, 6.07) is 4.04. The van der Waals surface area contributed by atoms with Crippen LogP contribution in [0.25, 0.3) is 0 Å². The topological polar surface area (TPSA) is 69.4 Å². The van der Waals surface area contributed by atoms with Crippen LogP contribution in [0.3, 0.4) is 0 Å². The number of Topliss-reactive ketones (excluding diaryl/α,β-unsaturated/α-hetero) is 1. The molecule has 7 heteroatoms. The van der Waals surface area contributed by atoms with E-state index in [2.05, 4.69) is 15.9 Å². The van der Waals surface area contributed by atoms with Gasteiger partial charge in [0.1, 0.15) is 0 Å². The molecule has 0 aliphatic carbocycles. The lowest BCUT2D eigenvalue weighted by atomic mass is 10.1. The highest BCUT2D eigenvalue weighted by Crippen LogP contribution is 2.32. The Kier molecular flexibility index (Phi) is 4.70. The van der Waals surface area contributed by atoms with Gasteiger partial charge in [-0.15, -0.1) is 0 Å². The first kappa shape index (κ1) is 14.9. The highest BCUT2D eigenvalue weighted by Gasteiger charge is 2.31. The fourth-order valence-corrected chi connectivity index (χ4v) is 2.05. The smallest absolute Gasteiger partial charge is 0.312 e. The zero-order valence-corrected chi connectivity index (χ0v) is 12.1. The van der Waals surface area contributed by atoms with E-state index in [1.807, 2.05) is 0 Å². The SMILES string of the molecule is CC(C)(Oc1ccc(Cl)cc1[N+](=O)[O-])C(=O)CBr. The van der Waals surface area contributed by atoms with Crippen molar-refractivity contribution in [2.24, 2.45) is 0 Å². The molecule has 0 N–H and O–H groups in total. The Labute approximate surface area is 117 Å². The van der Waals surface area contributed by atoms with Gasteiger partial charge in [-0.2, -0.15) is 0 Å². The third-order valence-electron chi connectivity index (χ3n) is 2.28. The van der Waals surface area contributed by atoms with Gasteiger partial charge >= 0.3 is 5.69 Å². The van der Waals surface area contributed by atoms with Crippen LogP contribution >= 0.6 is 27.5 Å². The summed E-state index contributed by atoms with van der Waals surface area (Å²) in [4.78, 5) is 21.9. The van der Waals surface area contributed by atoms with Crippen LogP contribution in [-0.4, -0.2) is 21.6 Å². The predicted molar refractivity (Wildman–Crippen MR) is 71.6 cm³/mol. The number of alkyl halides is 1. The van der Waals surface area contributed by atoms with Gasteiger partial charge in [0, 0.05) is 11.1 Å². The molecule has 0 fully saturated rings. The highest BCUT2D eigenvalue weighted by molar-refractivity contribution is 9.09. The van der Waals surface area contributed by atoms with Crippen LogP contribution in [0.5, 0.6) is 5.75 Å². The standard InChI is InChI=1S/C11H11BrClNO4/c1-11(2,10(15)6-12)18-9-4-3-7(13)5-8(9)14(16)17/h3-5H,6H2,1-2H3. The average Bonchev–Trinajstić information content (AvgIpc) is 2.29. The number of ether oxygens (including phenoxy) is 1. The van der Waals surface area contributed by atoms with Crippen molar-refractivity contribution < 1.29 is 14.5 Å². The molecule has 5 nitrogen and oxygen atoms in total. The molecular weight excluding hydrogens is 325 g/mol. The van der Waals surface area contributed by atoms with Gasteiger partial charge in [-0.1, -0.05) is 27.5 Å². The molecule has 0 saturated carbocycles. The summed E-state index contributed by atoms with van der Waals surface area (Å²) in [5, 5.41) is 11.2. The van der Waals surface area contributed by atoms with Crippen molar-refractivity contribution >= 4 is 39.0 Å². The van der Waals surface area contributed by atoms with Gasteiger partial charge in [0.15, 0.2) is 17.1 Å². The highest BCUT2D eigenvalue weighted by atomic mass is 79.9. The number of nitro groups is 1. The molecule has 0 atom stereocenters. The zero-order valence-electron chi connectivity index (χ0n) is 9.78. The van der Waals surface area contributed by atoms with E-state index >= 15 is 0 Å². The van der Waals surface area contributed by atoms with E-state index in [0.717, 1.165) is 0 Å². The van der Waals surface area contributed by atoms with Crippen molar-refractivity contribution in [2.45, 2.75) is 19.4 Å². The number of halogens is 2. The Morgan fingerprint density at radius 2 is 2.17 bits per heavy atom. The van der Waals surface area contributed by atoms with Crippen molar-refractivity contribution in [3.8, 4) is 5.75 Å². The first-order chi connectivity index (χ1) is 8.27. The molecule has 0 aliphatic heterocycles. The molecule has 0 saturated heterocycles. The molecule has 0 heterocycles. The molecule has 0 radical (unpaired) electrons. The van der Waals surface area contributed by atoms with Gasteiger partial charge in [-0.3, -0.25) is 14.9 Å². The van der Waals surface area contributed by atoms with Crippen LogP contribution in [0.1, 0.15) is 13.8 Å². The second kappa shape index (κ2) is 5.67. The molecule has 1 aromatic rings. The molecule has 0 aliphatic rings. The molecule has 1 rings (SSSR count). The number of benzene rings is 1. The lowest BCUT2D eigenvalue weighted by Crippen LogP contribution is -2.39. The van der Waals surface area contributed by atoms with E-state index in [1.165, 1.54) is 18.2 Å². The van der Waals surface area contributed by atoms with Crippen molar-refractivity contribution in [3.05, 3.63) is 33.3 Å². The number of rotatable bonds is 5. The van der Waals surface area contributed by atoms with Gasteiger partial charge in [0.25, 0.3) is 0 Å². The molecule has 0 amide bonds. The summed E-state index contributed by atoms with van der Waals surface area (Å²) in [5.74, 6) is -0.199. The van der Waals surface area contributed by atoms with Gasteiger partial charge in [0.05, 0.1) is 10.3 Å². The first-order valence-electron chi connectivity index (χ1n) is 5.00. The lowest BCUT2D eigenvalue weighted by molar-refractivity contribution is -0.386. The second-order valence-corrected chi connectivity index (χ2v) is 5.04. The maximum absolute atomic E-state index is 11.6. The van der Waals surface area contributed by atoms with E-state index in [0.29, 0.717) is 0 Å². The van der Waals surface area contributed by atoms with Crippen LogP contribution in [0.2, 0.25) is 5.02 Å². The van der Waals surface area contributed by atoms with E-state index in [-0.39, 0.29) is 27.6 Å². The molecule has 0 aromatic heterocycles. The van der Waals surface area contributed by atoms with E-state index in [1.54, 1.807) is 13.8 Å². The number of hydrogen-bond acceptors (Lipinski definition) is 4. The largest absolute Gasteiger partial charge is 0.473 e. The molecule has 0 unspecified atom stereocenters. The van der Waals surface area contributed by atoms with Crippen LogP contribution in [0.4, 0.5) is 5.69 Å². The summed E-state index contributed by atoms with van der Waals surface area (Å²) in [6.45, 7) is 3.10. The van der Waals surface area contributed by atoms with Gasteiger partial charge in [-0.25, -0.2) is 0 Å². The Bertz CT molecular complexity index is 490. The second-order valence-electron chi connectivity index (χ2n) is 4.04. The molecule has 18 heavy (non-hydrogen) atoms. The van der Waals surface area contributed by atoms with Crippen molar-refractivity contribution in [2.75, 3.05) is 5.33 Å². The van der Waals surface area contributed by atoms with Crippen molar-refractivity contribution in [1.29, 1.82) is 0 Å². The maximum atomic E-state index is 11.6. The van der Waals surface area contributed by atoms with Gasteiger partial charge in [-0.05, 0) is 26.0 Å². The first-order valence-corrected chi connectivity index (χ1v) is 6.50. The monoisotopic (exact) mass is 335 g/mol. The van der Waals surface area contributed by atoms with Gasteiger partial charge in [0.2, 0.25) is 0 Å². The van der Waals surface area contributed by atoms with E-state index in [9.17, 15) is 14.9 Å². The number of nitrogens with zero attached hydrogens (tertiary/aromatic N) is 1. The van der Waals surface area contributed by atoms with Crippen LogP contribution in [-0.2, 0) is 4.79 Å². The normalized spacial score (nSPS) is 11.1. The Morgan fingerprint density at radius 3 is 2.67 bits per heavy atom. The molecular formula is C11H11BrClNO4. The minimum atomic E-state index is -1.15. The number of hydrogen-bond donors (Lipinski definition) is 0. The molecule has 0 bridgehead atoms. The zero-order chi connectivity index (χ0) is 13.9. The van der Waals surface area contributed by atoms with Crippen LogP contribution in [0.15, 0.2) is 18.2 Å². The summed E-state index contributed by atoms with van der Waals surface area (Å²) >= 11 is 8.73. The summed E-state index contributed by atoms with van der Waals surface area (Å²) < 4.78 is 5.42. The van der Waals surface area contributed by atoms with Crippen LogP contribution in [0, 0.1) is 10.1 Å². The number of ketones is 1. The minimum Gasteiger partial charge on any atom is -0.473 e. The Hall–Kier alpha value is -1.14. The van der Waals surface area contributed by atoms with Crippen LogP contribution < -0.4 is 4.74 Å². The minimum absolute atomic E-state index is 0.0173. The fourth-order valence-electron chi connectivity index (χ4n) is 1.21. The third-order valence-corrected chi connectivity index (χ3v) is 3.02. The molecule has 0 spiro atoms. The number of nitro benzene ring substituents is 1. The van der Waals surface area contributed by atoms with Crippen molar-refractivity contribution in [3.63, 3.8) is 0 Å². The lowest BCUT2D eigenvalue weighted by Gasteiger charge is -2.23. The number of carbonyl (C=O) groups is 1. The van der Waals surface area contributed by atoms with E-state index < -0.39 is 10.5 Å². The summed E-state index contributed by atoms with van der Waals surface area (Å²) in [7, 11) is 0. The third kappa shape index (κ3) is 3.43.